The lowest BCUT2D eigenvalue weighted by molar-refractivity contribution is -0.125. The molecule has 6 heteroatoms. The van der Waals surface area contributed by atoms with Gasteiger partial charge in [-0.15, -0.1) is 0 Å². The Balaban J connectivity index is 2.08. The van der Waals surface area contributed by atoms with E-state index in [-0.39, 0.29) is 5.91 Å². The number of benzene rings is 1. The second-order valence-corrected chi connectivity index (χ2v) is 6.24. The Morgan fingerprint density at radius 2 is 2.14 bits per heavy atom. The van der Waals surface area contributed by atoms with Crippen LogP contribution in [0.5, 0.6) is 0 Å². The third-order valence-electron chi connectivity index (χ3n) is 3.33. The highest BCUT2D eigenvalue weighted by molar-refractivity contribution is 9.10. The van der Waals surface area contributed by atoms with Gasteiger partial charge in [0.1, 0.15) is 5.15 Å². The number of halogens is 2. The lowest BCUT2D eigenvalue weighted by atomic mass is 10.2. The van der Waals surface area contributed by atoms with E-state index < -0.39 is 0 Å². The van der Waals surface area contributed by atoms with Gasteiger partial charge in [-0.25, -0.2) is 0 Å². The largest absolute Gasteiger partial charge is 0.338 e. The van der Waals surface area contributed by atoms with E-state index in [1.807, 2.05) is 31.2 Å². The van der Waals surface area contributed by atoms with Crippen molar-refractivity contribution in [3.63, 3.8) is 0 Å². The SMILES string of the molecule is Cc1nn(C)c(Cl)c1/C=C/C(=O)N(C)Cc1ccccc1Br. The first kappa shape index (κ1) is 16.8. The van der Waals surface area contributed by atoms with Gasteiger partial charge in [0.25, 0.3) is 0 Å². The second-order valence-electron chi connectivity index (χ2n) is 5.03. The molecule has 0 spiro atoms. The lowest BCUT2D eigenvalue weighted by Gasteiger charge is -2.16. The molecule has 0 atom stereocenters. The maximum atomic E-state index is 12.2. The lowest BCUT2D eigenvalue weighted by Crippen LogP contribution is -2.24. The predicted octanol–water partition coefficient (Wildman–Crippen LogP) is 3.82. The Morgan fingerprint density at radius 3 is 2.73 bits per heavy atom. The van der Waals surface area contributed by atoms with E-state index in [0.29, 0.717) is 11.7 Å². The molecule has 1 heterocycles. The molecule has 0 aliphatic heterocycles. The molecule has 0 radical (unpaired) electrons. The monoisotopic (exact) mass is 381 g/mol. The third kappa shape index (κ3) is 3.78. The Bertz CT molecular complexity index is 724. The fourth-order valence-electron chi connectivity index (χ4n) is 2.08. The van der Waals surface area contributed by atoms with Crippen LogP contribution in [0.15, 0.2) is 34.8 Å². The highest BCUT2D eigenvalue weighted by atomic mass is 79.9. The van der Waals surface area contributed by atoms with Crippen LogP contribution in [0.4, 0.5) is 0 Å². The van der Waals surface area contributed by atoms with Gasteiger partial charge >= 0.3 is 0 Å². The summed E-state index contributed by atoms with van der Waals surface area (Å²) in [6, 6.07) is 7.84. The maximum Gasteiger partial charge on any atom is 0.246 e. The zero-order valence-corrected chi connectivity index (χ0v) is 15.0. The summed E-state index contributed by atoms with van der Waals surface area (Å²) < 4.78 is 2.58. The van der Waals surface area contributed by atoms with Crippen LogP contribution in [0.25, 0.3) is 6.08 Å². The van der Waals surface area contributed by atoms with Gasteiger partial charge in [0.15, 0.2) is 0 Å². The average molecular weight is 383 g/mol. The first-order valence-corrected chi connectivity index (χ1v) is 7.93. The van der Waals surface area contributed by atoms with Crippen molar-refractivity contribution in [3.05, 3.63) is 56.8 Å². The van der Waals surface area contributed by atoms with Crippen molar-refractivity contribution in [2.75, 3.05) is 7.05 Å². The average Bonchev–Trinajstić information content (AvgIpc) is 2.72. The minimum Gasteiger partial charge on any atom is -0.338 e. The first-order chi connectivity index (χ1) is 10.4. The van der Waals surface area contributed by atoms with Crippen molar-refractivity contribution in [1.29, 1.82) is 0 Å². The Morgan fingerprint density at radius 1 is 1.45 bits per heavy atom. The van der Waals surface area contributed by atoms with Crippen LogP contribution >= 0.6 is 27.5 Å². The van der Waals surface area contributed by atoms with Crippen LogP contribution < -0.4 is 0 Å². The van der Waals surface area contributed by atoms with Crippen LogP contribution in [-0.2, 0) is 18.4 Å². The van der Waals surface area contributed by atoms with E-state index in [0.717, 1.165) is 21.3 Å². The summed E-state index contributed by atoms with van der Waals surface area (Å²) in [5.41, 5.74) is 2.62. The molecule has 0 aliphatic carbocycles. The van der Waals surface area contributed by atoms with Crippen LogP contribution in [0, 0.1) is 6.92 Å². The van der Waals surface area contributed by atoms with Crippen LogP contribution in [0.2, 0.25) is 5.15 Å². The quantitative estimate of drug-likeness (QED) is 0.754. The van der Waals surface area contributed by atoms with Gasteiger partial charge in [-0.1, -0.05) is 45.7 Å². The number of aryl methyl sites for hydroxylation is 2. The van der Waals surface area contributed by atoms with Crippen molar-refractivity contribution < 1.29 is 4.79 Å². The zero-order valence-electron chi connectivity index (χ0n) is 12.7. The minimum absolute atomic E-state index is 0.0879. The topological polar surface area (TPSA) is 38.1 Å². The van der Waals surface area contributed by atoms with Crippen molar-refractivity contribution in [2.24, 2.45) is 7.05 Å². The Labute approximate surface area is 143 Å². The molecule has 0 N–H and O–H groups in total. The number of likely N-dealkylation sites (N-methyl/N-ethyl adjacent to an activating group) is 1. The third-order valence-corrected chi connectivity index (χ3v) is 4.55. The molecule has 0 aliphatic rings. The van der Waals surface area contributed by atoms with Gasteiger partial charge in [0.05, 0.1) is 5.69 Å². The summed E-state index contributed by atoms with van der Waals surface area (Å²) in [5.74, 6) is -0.0879. The number of nitrogens with zero attached hydrogens (tertiary/aromatic N) is 3. The van der Waals surface area contributed by atoms with Gasteiger partial charge in [-0.2, -0.15) is 5.10 Å². The molecule has 0 fully saturated rings. The van der Waals surface area contributed by atoms with Crippen molar-refractivity contribution in [2.45, 2.75) is 13.5 Å². The minimum atomic E-state index is -0.0879. The van der Waals surface area contributed by atoms with Crippen molar-refractivity contribution in [3.8, 4) is 0 Å². The molecular formula is C16H17BrClN3O. The van der Waals surface area contributed by atoms with E-state index in [2.05, 4.69) is 21.0 Å². The van der Waals surface area contributed by atoms with Gasteiger partial charge < -0.3 is 4.90 Å². The summed E-state index contributed by atoms with van der Waals surface area (Å²) >= 11 is 9.63. The molecule has 0 unspecified atom stereocenters. The fourth-order valence-corrected chi connectivity index (χ4v) is 2.73. The standard InChI is InChI=1S/C16H17BrClN3O/c1-11-13(16(18)21(3)19-11)8-9-15(22)20(2)10-12-6-4-5-7-14(12)17/h4-9H,10H2,1-3H3/b9-8+. The number of rotatable bonds is 4. The summed E-state index contributed by atoms with van der Waals surface area (Å²) in [4.78, 5) is 13.9. The Kier molecular flexibility index (Phi) is 5.42. The van der Waals surface area contributed by atoms with Gasteiger partial charge in [-0.05, 0) is 24.6 Å². The molecule has 0 saturated heterocycles. The molecule has 22 heavy (non-hydrogen) atoms. The molecule has 0 bridgehead atoms. The van der Waals surface area contributed by atoms with Crippen molar-refractivity contribution in [1.82, 2.24) is 14.7 Å². The van der Waals surface area contributed by atoms with Gasteiger partial charge in [-0.3, -0.25) is 9.48 Å². The molecule has 1 amide bonds. The van der Waals surface area contributed by atoms with Gasteiger partial charge in [0.2, 0.25) is 5.91 Å². The number of amides is 1. The fraction of sp³-hybridized carbons (Fsp3) is 0.250. The summed E-state index contributed by atoms with van der Waals surface area (Å²) in [6.45, 7) is 2.39. The molecule has 116 valence electrons. The van der Waals surface area contributed by atoms with Crippen LogP contribution in [0.3, 0.4) is 0 Å². The number of aromatic nitrogens is 2. The summed E-state index contributed by atoms with van der Waals surface area (Å²) in [6.07, 6.45) is 3.23. The van der Waals surface area contributed by atoms with Crippen LogP contribution in [-0.4, -0.2) is 27.6 Å². The molecule has 2 aromatic rings. The number of hydrogen-bond acceptors (Lipinski definition) is 2. The van der Waals surface area contributed by atoms with Gasteiger partial charge in [0, 0.05) is 36.8 Å². The number of carbonyl (C=O) groups excluding carboxylic acids is 1. The summed E-state index contributed by atoms with van der Waals surface area (Å²) in [5, 5.41) is 4.74. The molecular weight excluding hydrogens is 366 g/mol. The molecule has 4 nitrogen and oxygen atoms in total. The molecule has 1 aromatic carbocycles. The molecule has 2 rings (SSSR count). The number of carbonyl (C=O) groups is 1. The van der Waals surface area contributed by atoms with E-state index in [4.69, 9.17) is 11.6 Å². The second kappa shape index (κ2) is 7.11. The zero-order chi connectivity index (χ0) is 16.3. The first-order valence-electron chi connectivity index (χ1n) is 6.76. The molecule has 0 saturated carbocycles. The Hall–Kier alpha value is -1.59. The molecule has 1 aromatic heterocycles. The number of hydrogen-bond donors (Lipinski definition) is 0. The highest BCUT2D eigenvalue weighted by Crippen LogP contribution is 2.20. The van der Waals surface area contributed by atoms with E-state index in [1.54, 1.807) is 29.8 Å². The van der Waals surface area contributed by atoms with E-state index in [9.17, 15) is 4.79 Å². The smallest absolute Gasteiger partial charge is 0.246 e. The van der Waals surface area contributed by atoms with E-state index in [1.165, 1.54) is 6.08 Å². The van der Waals surface area contributed by atoms with Crippen LogP contribution in [0.1, 0.15) is 16.8 Å². The summed E-state index contributed by atoms with van der Waals surface area (Å²) in [7, 11) is 3.54. The predicted molar refractivity (Wildman–Crippen MR) is 92.6 cm³/mol. The maximum absolute atomic E-state index is 12.2. The normalized spacial score (nSPS) is 11.1. The van der Waals surface area contributed by atoms with E-state index >= 15 is 0 Å². The van der Waals surface area contributed by atoms with Crippen molar-refractivity contribution >= 4 is 39.5 Å². The highest BCUT2D eigenvalue weighted by Gasteiger charge is 2.11.